The zero-order valence-corrected chi connectivity index (χ0v) is 14.5. The summed E-state index contributed by atoms with van der Waals surface area (Å²) in [7, 11) is 1.59. The second-order valence-electron chi connectivity index (χ2n) is 5.90. The zero-order chi connectivity index (χ0) is 17.5. The van der Waals surface area contributed by atoms with Crippen LogP contribution in [-0.4, -0.2) is 48.8 Å². The van der Waals surface area contributed by atoms with Gasteiger partial charge in [-0.15, -0.1) is 0 Å². The highest BCUT2D eigenvalue weighted by Crippen LogP contribution is 2.34. The summed E-state index contributed by atoms with van der Waals surface area (Å²) in [6.45, 7) is 1.25. The first-order chi connectivity index (χ1) is 11.5. The Kier molecular flexibility index (Phi) is 6.87. The third-order valence-electron chi connectivity index (χ3n) is 4.24. The van der Waals surface area contributed by atoms with Gasteiger partial charge in [0.1, 0.15) is 0 Å². The van der Waals surface area contributed by atoms with Crippen LogP contribution >= 0.6 is 11.6 Å². The van der Waals surface area contributed by atoms with E-state index in [2.05, 4.69) is 5.32 Å². The molecule has 7 heteroatoms. The number of hydrogen-bond donors (Lipinski definition) is 2. The largest absolute Gasteiger partial charge is 0.465 e. The molecule has 2 N–H and O–H groups in total. The van der Waals surface area contributed by atoms with Crippen LogP contribution in [0.15, 0.2) is 24.3 Å². The van der Waals surface area contributed by atoms with Crippen LogP contribution in [0.1, 0.15) is 30.9 Å². The van der Waals surface area contributed by atoms with Crippen LogP contribution in [-0.2, 0) is 9.53 Å². The molecule has 1 heterocycles. The molecule has 0 aromatic heterocycles. The Morgan fingerprint density at radius 1 is 1.50 bits per heavy atom. The Bertz CT molecular complexity index is 581. The number of ether oxygens (including phenoxy) is 1. The van der Waals surface area contributed by atoms with Gasteiger partial charge in [0.25, 0.3) is 0 Å². The number of rotatable bonds is 6. The second-order valence-corrected chi connectivity index (χ2v) is 6.34. The van der Waals surface area contributed by atoms with E-state index in [1.165, 1.54) is 4.90 Å². The monoisotopic (exact) mass is 354 g/mol. The van der Waals surface area contributed by atoms with Crippen molar-refractivity contribution in [1.29, 1.82) is 0 Å². The van der Waals surface area contributed by atoms with Gasteiger partial charge in [-0.25, -0.2) is 4.79 Å². The standard InChI is InChI=1S/C17H23ClN2O4/c1-19-15(21)7-9-24-16(12-4-2-6-14(18)10-12)13-5-3-8-20(11-13)17(22)23/h2,4,6,10,13,16H,3,5,7-9,11H2,1H3,(H,19,21)(H,22,23)/t13?,16-/m0/s1. The van der Waals surface area contributed by atoms with Crippen LogP contribution in [0.25, 0.3) is 0 Å². The number of carbonyl (C=O) groups is 2. The van der Waals surface area contributed by atoms with E-state index < -0.39 is 6.09 Å². The minimum Gasteiger partial charge on any atom is -0.465 e. The van der Waals surface area contributed by atoms with Gasteiger partial charge in [-0.3, -0.25) is 4.79 Å². The molecule has 1 saturated heterocycles. The quantitative estimate of drug-likeness (QED) is 0.823. The van der Waals surface area contributed by atoms with E-state index in [1.54, 1.807) is 13.1 Å². The van der Waals surface area contributed by atoms with Crippen molar-refractivity contribution in [3.05, 3.63) is 34.9 Å². The Balaban J connectivity index is 2.12. The van der Waals surface area contributed by atoms with E-state index >= 15 is 0 Å². The van der Waals surface area contributed by atoms with E-state index in [0.717, 1.165) is 18.4 Å². The van der Waals surface area contributed by atoms with E-state index in [1.807, 2.05) is 18.2 Å². The van der Waals surface area contributed by atoms with E-state index in [9.17, 15) is 14.7 Å². The molecule has 1 fully saturated rings. The van der Waals surface area contributed by atoms with E-state index in [4.69, 9.17) is 16.3 Å². The van der Waals surface area contributed by atoms with Crippen LogP contribution in [0.3, 0.4) is 0 Å². The van der Waals surface area contributed by atoms with Gasteiger partial charge < -0.3 is 20.1 Å². The number of carbonyl (C=O) groups excluding carboxylic acids is 1. The van der Waals surface area contributed by atoms with Crippen LogP contribution in [0.2, 0.25) is 5.02 Å². The molecule has 2 amide bonds. The summed E-state index contributed by atoms with van der Waals surface area (Å²) >= 11 is 6.09. The Labute approximate surface area is 146 Å². The van der Waals surface area contributed by atoms with Crippen molar-refractivity contribution >= 4 is 23.6 Å². The molecule has 1 aromatic carbocycles. The Morgan fingerprint density at radius 3 is 2.96 bits per heavy atom. The fourth-order valence-electron chi connectivity index (χ4n) is 3.02. The maximum atomic E-state index is 11.4. The maximum Gasteiger partial charge on any atom is 0.407 e. The van der Waals surface area contributed by atoms with Gasteiger partial charge in [0.15, 0.2) is 0 Å². The molecule has 24 heavy (non-hydrogen) atoms. The first-order valence-electron chi connectivity index (χ1n) is 8.06. The summed E-state index contributed by atoms with van der Waals surface area (Å²) in [4.78, 5) is 24.1. The van der Waals surface area contributed by atoms with Crippen LogP contribution < -0.4 is 5.32 Å². The predicted molar refractivity (Wildman–Crippen MR) is 91.2 cm³/mol. The molecule has 2 atom stereocenters. The smallest absolute Gasteiger partial charge is 0.407 e. The molecule has 0 aliphatic carbocycles. The average molecular weight is 355 g/mol. The summed E-state index contributed by atoms with van der Waals surface area (Å²) in [6, 6.07) is 7.41. The number of likely N-dealkylation sites (tertiary alicyclic amines) is 1. The Morgan fingerprint density at radius 2 is 2.29 bits per heavy atom. The van der Waals surface area contributed by atoms with Crippen molar-refractivity contribution in [3.63, 3.8) is 0 Å². The topological polar surface area (TPSA) is 78.9 Å². The number of piperidine rings is 1. The lowest BCUT2D eigenvalue weighted by Gasteiger charge is -2.35. The molecule has 2 rings (SSSR count). The average Bonchev–Trinajstić information content (AvgIpc) is 2.58. The molecule has 1 unspecified atom stereocenters. The number of nitrogens with one attached hydrogen (secondary N) is 1. The second kappa shape index (κ2) is 8.89. The van der Waals surface area contributed by atoms with Gasteiger partial charge in [-0.1, -0.05) is 23.7 Å². The lowest BCUT2D eigenvalue weighted by atomic mass is 9.88. The first kappa shape index (κ1) is 18.5. The summed E-state index contributed by atoms with van der Waals surface area (Å²) < 4.78 is 5.98. The fourth-order valence-corrected chi connectivity index (χ4v) is 3.22. The molecule has 1 aliphatic heterocycles. The lowest BCUT2D eigenvalue weighted by Crippen LogP contribution is -2.41. The fraction of sp³-hybridized carbons (Fsp3) is 0.529. The Hall–Kier alpha value is -1.79. The number of hydrogen-bond acceptors (Lipinski definition) is 3. The lowest BCUT2D eigenvalue weighted by molar-refractivity contribution is -0.122. The molecule has 6 nitrogen and oxygen atoms in total. The molecule has 0 bridgehead atoms. The van der Waals surface area contributed by atoms with Gasteiger partial charge in [0.2, 0.25) is 5.91 Å². The summed E-state index contributed by atoms with van der Waals surface area (Å²) in [6.07, 6.45) is 0.752. The predicted octanol–water partition coefficient (Wildman–Crippen LogP) is 2.92. The molecule has 132 valence electrons. The number of nitrogens with zero attached hydrogens (tertiary/aromatic N) is 1. The number of halogens is 1. The third-order valence-corrected chi connectivity index (χ3v) is 4.47. The number of amides is 2. The van der Waals surface area contributed by atoms with E-state index in [0.29, 0.717) is 18.1 Å². The molecule has 0 spiro atoms. The normalized spacial score (nSPS) is 18.9. The van der Waals surface area contributed by atoms with Crippen LogP contribution in [0.5, 0.6) is 0 Å². The number of carboxylic acid groups (broad SMARTS) is 1. The highest BCUT2D eigenvalue weighted by atomic mass is 35.5. The SMILES string of the molecule is CNC(=O)CCO[C@@H](c1cccc(Cl)c1)C1CCCN(C(=O)O)C1. The van der Waals surface area contributed by atoms with Gasteiger partial charge in [0, 0.05) is 37.5 Å². The summed E-state index contributed by atoms with van der Waals surface area (Å²) in [5, 5.41) is 12.4. The minimum atomic E-state index is -0.907. The van der Waals surface area contributed by atoms with Gasteiger partial charge in [-0.2, -0.15) is 0 Å². The van der Waals surface area contributed by atoms with Crippen molar-refractivity contribution in [2.24, 2.45) is 5.92 Å². The highest BCUT2D eigenvalue weighted by Gasteiger charge is 2.31. The first-order valence-corrected chi connectivity index (χ1v) is 8.44. The van der Waals surface area contributed by atoms with Gasteiger partial charge in [0.05, 0.1) is 12.7 Å². The van der Waals surface area contributed by atoms with Crippen molar-refractivity contribution in [1.82, 2.24) is 10.2 Å². The van der Waals surface area contributed by atoms with Crippen molar-refractivity contribution in [3.8, 4) is 0 Å². The highest BCUT2D eigenvalue weighted by molar-refractivity contribution is 6.30. The zero-order valence-electron chi connectivity index (χ0n) is 13.7. The van der Waals surface area contributed by atoms with Crippen molar-refractivity contribution in [2.75, 3.05) is 26.7 Å². The van der Waals surface area contributed by atoms with Gasteiger partial charge >= 0.3 is 6.09 Å². The van der Waals surface area contributed by atoms with Crippen molar-refractivity contribution < 1.29 is 19.4 Å². The molecule has 1 aromatic rings. The van der Waals surface area contributed by atoms with E-state index in [-0.39, 0.29) is 31.0 Å². The molecular weight excluding hydrogens is 332 g/mol. The van der Waals surface area contributed by atoms with Crippen LogP contribution in [0.4, 0.5) is 4.79 Å². The van der Waals surface area contributed by atoms with Gasteiger partial charge in [-0.05, 0) is 30.5 Å². The van der Waals surface area contributed by atoms with Crippen LogP contribution in [0, 0.1) is 5.92 Å². The summed E-state index contributed by atoms with van der Waals surface area (Å²) in [5.41, 5.74) is 0.914. The molecule has 0 radical (unpaired) electrons. The maximum absolute atomic E-state index is 11.4. The molecule has 0 saturated carbocycles. The molecule has 1 aliphatic rings. The molecular formula is C17H23ClN2O4. The number of benzene rings is 1. The minimum absolute atomic E-state index is 0.0398. The van der Waals surface area contributed by atoms with Crippen molar-refractivity contribution in [2.45, 2.75) is 25.4 Å². The third kappa shape index (κ3) is 5.11. The summed E-state index contributed by atoms with van der Waals surface area (Å²) in [5.74, 6) is -0.0475.